The number of unbranched alkanes of at least 4 members (excludes halogenated alkanes) is 2. The molecule has 1 rings (SSSR count). The summed E-state index contributed by atoms with van der Waals surface area (Å²) < 4.78 is 22.7. The molecule has 1 fully saturated rings. The van der Waals surface area contributed by atoms with E-state index in [1.807, 2.05) is 13.8 Å². The van der Waals surface area contributed by atoms with Crippen molar-refractivity contribution in [1.29, 1.82) is 0 Å². The van der Waals surface area contributed by atoms with Gasteiger partial charge in [0.15, 0.2) is 12.1 Å². The van der Waals surface area contributed by atoms with Crippen LogP contribution < -0.4 is 0 Å². The van der Waals surface area contributed by atoms with Gasteiger partial charge in [-0.05, 0) is 39.5 Å². The first-order valence-electron chi connectivity index (χ1n) is 8.71. The molecule has 1 N–H and O–H groups in total. The highest BCUT2D eigenvalue weighted by Crippen LogP contribution is 2.29. The lowest BCUT2D eigenvalue weighted by Crippen LogP contribution is -2.27. The van der Waals surface area contributed by atoms with Crippen molar-refractivity contribution in [3.05, 3.63) is 0 Å². The molecule has 0 aromatic heterocycles. The molecule has 0 spiro atoms. The molecule has 0 aromatic rings. The van der Waals surface area contributed by atoms with Crippen molar-refractivity contribution in [2.45, 2.75) is 90.5 Å². The number of hydrogen-bond acceptors (Lipinski definition) is 5. The van der Waals surface area contributed by atoms with Crippen LogP contribution in [0.15, 0.2) is 0 Å². The molecule has 0 saturated carbocycles. The summed E-state index contributed by atoms with van der Waals surface area (Å²) >= 11 is 0. The average Bonchev–Trinajstić information content (AvgIpc) is 2.72. The van der Waals surface area contributed by atoms with Crippen molar-refractivity contribution in [2.24, 2.45) is 0 Å². The van der Waals surface area contributed by atoms with E-state index in [1.54, 1.807) is 0 Å². The third-order valence-corrected chi connectivity index (χ3v) is 3.73. The maximum atomic E-state index is 9.88. The first-order chi connectivity index (χ1) is 10.5. The van der Waals surface area contributed by atoms with Crippen LogP contribution in [0.5, 0.6) is 0 Å². The Morgan fingerprint density at radius 1 is 1.09 bits per heavy atom. The number of rotatable bonds is 12. The summed E-state index contributed by atoms with van der Waals surface area (Å²) in [5, 5.41) is 9.88. The van der Waals surface area contributed by atoms with E-state index < -0.39 is 12.1 Å². The lowest BCUT2D eigenvalue weighted by Gasteiger charge is -2.21. The number of hydrogen-bond donors (Lipinski definition) is 1. The smallest absolute Gasteiger partial charge is 0.184 e. The first-order valence-corrected chi connectivity index (χ1v) is 8.71. The molecular formula is C17H34O5. The van der Waals surface area contributed by atoms with Crippen LogP contribution in [0.4, 0.5) is 0 Å². The van der Waals surface area contributed by atoms with Gasteiger partial charge in [-0.1, -0.05) is 26.7 Å². The van der Waals surface area contributed by atoms with E-state index in [4.69, 9.17) is 18.9 Å². The van der Waals surface area contributed by atoms with E-state index in [0.717, 1.165) is 45.3 Å². The molecule has 1 aliphatic rings. The molecule has 3 unspecified atom stereocenters. The Hall–Kier alpha value is -0.200. The van der Waals surface area contributed by atoms with Gasteiger partial charge < -0.3 is 24.1 Å². The second-order valence-electron chi connectivity index (χ2n) is 6.42. The van der Waals surface area contributed by atoms with Crippen molar-refractivity contribution >= 4 is 0 Å². The third-order valence-electron chi connectivity index (χ3n) is 3.73. The summed E-state index contributed by atoms with van der Waals surface area (Å²) in [6, 6.07) is 0. The zero-order valence-electron chi connectivity index (χ0n) is 14.7. The molecule has 5 heteroatoms. The highest BCUT2D eigenvalue weighted by atomic mass is 16.8. The summed E-state index contributed by atoms with van der Waals surface area (Å²) in [5.74, 6) is -0.708. The third kappa shape index (κ3) is 7.88. The molecule has 132 valence electrons. The molecule has 5 nitrogen and oxygen atoms in total. The van der Waals surface area contributed by atoms with E-state index in [0.29, 0.717) is 13.0 Å². The molecule has 0 aromatic carbocycles. The van der Waals surface area contributed by atoms with Crippen LogP contribution in [0.25, 0.3) is 0 Å². The SMILES string of the molecule is CCCCOCC(CCC1OC(C)(C)OC1O)OCCCC. The van der Waals surface area contributed by atoms with Crippen LogP contribution in [0.1, 0.15) is 66.2 Å². The molecule has 0 aliphatic carbocycles. The Labute approximate surface area is 135 Å². The van der Waals surface area contributed by atoms with E-state index in [-0.39, 0.29) is 12.2 Å². The highest BCUT2D eigenvalue weighted by Gasteiger charge is 2.40. The van der Waals surface area contributed by atoms with E-state index in [9.17, 15) is 5.11 Å². The van der Waals surface area contributed by atoms with E-state index >= 15 is 0 Å². The van der Waals surface area contributed by atoms with Crippen molar-refractivity contribution in [3.8, 4) is 0 Å². The minimum atomic E-state index is -0.854. The van der Waals surface area contributed by atoms with Gasteiger partial charge in [-0.15, -0.1) is 0 Å². The van der Waals surface area contributed by atoms with Gasteiger partial charge in [0.2, 0.25) is 0 Å². The molecule has 0 amide bonds. The number of ether oxygens (including phenoxy) is 4. The highest BCUT2D eigenvalue weighted by molar-refractivity contribution is 4.76. The Morgan fingerprint density at radius 3 is 2.36 bits per heavy atom. The minimum Gasteiger partial charge on any atom is -0.379 e. The Balaban J connectivity index is 2.32. The van der Waals surface area contributed by atoms with Crippen LogP contribution in [0, 0.1) is 0 Å². The Kier molecular flexibility index (Phi) is 9.52. The van der Waals surface area contributed by atoms with Gasteiger partial charge in [-0.25, -0.2) is 0 Å². The second kappa shape index (κ2) is 10.6. The van der Waals surface area contributed by atoms with Crippen LogP contribution >= 0.6 is 0 Å². The zero-order valence-corrected chi connectivity index (χ0v) is 14.7. The van der Waals surface area contributed by atoms with Gasteiger partial charge in [0.05, 0.1) is 12.7 Å². The summed E-state index contributed by atoms with van der Waals surface area (Å²) in [6.45, 7) is 10.1. The standard InChI is InChI=1S/C17H34O5/c1-5-7-11-19-13-14(20-12-8-6-2)9-10-15-16(18)22-17(3,4)21-15/h14-16,18H,5-13H2,1-4H3. The largest absolute Gasteiger partial charge is 0.379 e. The van der Waals surface area contributed by atoms with Crippen LogP contribution in [0.3, 0.4) is 0 Å². The van der Waals surface area contributed by atoms with Gasteiger partial charge in [0, 0.05) is 13.2 Å². The monoisotopic (exact) mass is 318 g/mol. The molecule has 1 aliphatic heterocycles. The minimum absolute atomic E-state index is 0.0583. The summed E-state index contributed by atoms with van der Waals surface area (Å²) in [4.78, 5) is 0. The van der Waals surface area contributed by atoms with Gasteiger partial charge in [-0.3, -0.25) is 0 Å². The summed E-state index contributed by atoms with van der Waals surface area (Å²) in [7, 11) is 0. The maximum Gasteiger partial charge on any atom is 0.184 e. The average molecular weight is 318 g/mol. The second-order valence-corrected chi connectivity index (χ2v) is 6.42. The van der Waals surface area contributed by atoms with Crippen molar-refractivity contribution in [1.82, 2.24) is 0 Å². The van der Waals surface area contributed by atoms with Gasteiger partial charge >= 0.3 is 0 Å². The fourth-order valence-electron chi connectivity index (χ4n) is 2.44. The number of aliphatic hydroxyl groups excluding tert-OH is 1. The molecule has 22 heavy (non-hydrogen) atoms. The quantitative estimate of drug-likeness (QED) is 0.560. The molecule has 3 atom stereocenters. The topological polar surface area (TPSA) is 57.2 Å². The molecule has 1 saturated heterocycles. The summed E-state index contributed by atoms with van der Waals surface area (Å²) in [5.41, 5.74) is 0. The van der Waals surface area contributed by atoms with Crippen LogP contribution in [-0.2, 0) is 18.9 Å². The fourth-order valence-corrected chi connectivity index (χ4v) is 2.44. The molecular weight excluding hydrogens is 284 g/mol. The lowest BCUT2D eigenvalue weighted by atomic mass is 10.1. The van der Waals surface area contributed by atoms with Gasteiger partial charge in [-0.2, -0.15) is 0 Å². The Bertz CT molecular complexity index is 282. The van der Waals surface area contributed by atoms with Crippen LogP contribution in [0.2, 0.25) is 0 Å². The predicted octanol–water partition coefficient (Wildman–Crippen LogP) is 3.24. The maximum absolute atomic E-state index is 9.88. The van der Waals surface area contributed by atoms with Crippen LogP contribution in [-0.4, -0.2) is 49.2 Å². The van der Waals surface area contributed by atoms with Crippen molar-refractivity contribution in [2.75, 3.05) is 19.8 Å². The number of aliphatic hydroxyl groups is 1. The fraction of sp³-hybridized carbons (Fsp3) is 1.00. The van der Waals surface area contributed by atoms with E-state index in [1.165, 1.54) is 0 Å². The van der Waals surface area contributed by atoms with E-state index in [2.05, 4.69) is 13.8 Å². The van der Waals surface area contributed by atoms with Crippen molar-refractivity contribution < 1.29 is 24.1 Å². The van der Waals surface area contributed by atoms with Gasteiger partial charge in [0.25, 0.3) is 0 Å². The lowest BCUT2D eigenvalue weighted by molar-refractivity contribution is -0.174. The predicted molar refractivity (Wildman–Crippen MR) is 85.7 cm³/mol. The molecule has 1 heterocycles. The molecule has 0 radical (unpaired) electrons. The zero-order chi connectivity index (χ0) is 16.4. The van der Waals surface area contributed by atoms with Crippen molar-refractivity contribution in [3.63, 3.8) is 0 Å². The normalized spacial score (nSPS) is 25.5. The van der Waals surface area contributed by atoms with Gasteiger partial charge in [0.1, 0.15) is 6.10 Å². The Morgan fingerprint density at radius 2 is 1.77 bits per heavy atom. The molecule has 0 bridgehead atoms. The summed E-state index contributed by atoms with van der Waals surface area (Å²) in [6.07, 6.45) is 4.82. The first kappa shape index (κ1) is 19.8.